The summed E-state index contributed by atoms with van der Waals surface area (Å²) in [5.74, 6) is -0.400. The van der Waals surface area contributed by atoms with E-state index in [4.69, 9.17) is 10.5 Å². The zero-order valence-corrected chi connectivity index (χ0v) is 11.8. The zero-order valence-electron chi connectivity index (χ0n) is 11.8. The lowest BCUT2D eigenvalue weighted by molar-refractivity contribution is -0.127. The monoisotopic (exact) mass is 264 g/mol. The number of rotatable bonds is 9. The van der Waals surface area contributed by atoms with Crippen LogP contribution >= 0.6 is 0 Å². The summed E-state index contributed by atoms with van der Waals surface area (Å²) >= 11 is 0. The first-order chi connectivity index (χ1) is 9.17. The molecular formula is C15H24N2O2. The second kappa shape index (κ2) is 7.92. The molecule has 3 N–H and O–H groups in total. The summed E-state index contributed by atoms with van der Waals surface area (Å²) in [5, 5.41) is 3.26. The van der Waals surface area contributed by atoms with Crippen LogP contribution in [0.2, 0.25) is 0 Å². The van der Waals surface area contributed by atoms with Gasteiger partial charge >= 0.3 is 0 Å². The van der Waals surface area contributed by atoms with Crippen LogP contribution in [0.5, 0.6) is 0 Å². The Hall–Kier alpha value is -1.39. The molecule has 1 unspecified atom stereocenters. The molecule has 0 radical (unpaired) electrons. The van der Waals surface area contributed by atoms with Gasteiger partial charge in [-0.15, -0.1) is 0 Å². The summed E-state index contributed by atoms with van der Waals surface area (Å²) in [7, 11) is 0. The minimum atomic E-state index is -0.938. The third-order valence-electron chi connectivity index (χ3n) is 3.03. The van der Waals surface area contributed by atoms with Gasteiger partial charge in [-0.1, -0.05) is 44.2 Å². The van der Waals surface area contributed by atoms with Crippen LogP contribution in [0, 0.1) is 0 Å². The molecule has 1 rings (SSSR count). The van der Waals surface area contributed by atoms with Crippen LogP contribution in [0.4, 0.5) is 0 Å². The average molecular weight is 264 g/mol. The van der Waals surface area contributed by atoms with Gasteiger partial charge < -0.3 is 10.5 Å². The van der Waals surface area contributed by atoms with Gasteiger partial charge in [0.05, 0.1) is 6.61 Å². The fourth-order valence-electron chi connectivity index (χ4n) is 1.97. The molecule has 0 saturated heterocycles. The van der Waals surface area contributed by atoms with Crippen LogP contribution in [0.25, 0.3) is 0 Å². The van der Waals surface area contributed by atoms with Crippen molar-refractivity contribution in [2.45, 2.75) is 32.2 Å². The Labute approximate surface area is 115 Å². The molecule has 0 aliphatic rings. The number of benzene rings is 1. The molecule has 0 aliphatic heterocycles. The molecule has 0 fully saturated rings. The van der Waals surface area contributed by atoms with E-state index in [2.05, 4.69) is 12.2 Å². The minimum Gasteiger partial charge on any atom is -0.379 e. The van der Waals surface area contributed by atoms with Crippen molar-refractivity contribution in [1.82, 2.24) is 5.32 Å². The molecule has 1 aromatic carbocycles. The van der Waals surface area contributed by atoms with Crippen LogP contribution in [0.3, 0.4) is 0 Å². The Balaban J connectivity index is 3.00. The lowest BCUT2D eigenvalue weighted by Crippen LogP contribution is -2.56. The van der Waals surface area contributed by atoms with E-state index in [1.807, 2.05) is 37.3 Å². The smallest absolute Gasteiger partial charge is 0.244 e. The van der Waals surface area contributed by atoms with Crippen molar-refractivity contribution in [3.63, 3.8) is 0 Å². The van der Waals surface area contributed by atoms with Crippen molar-refractivity contribution in [1.29, 1.82) is 0 Å². The van der Waals surface area contributed by atoms with Crippen molar-refractivity contribution < 1.29 is 9.53 Å². The quantitative estimate of drug-likeness (QED) is 0.668. The van der Waals surface area contributed by atoms with E-state index in [0.717, 1.165) is 18.4 Å². The summed E-state index contributed by atoms with van der Waals surface area (Å²) in [6.45, 7) is 5.69. The molecule has 0 spiro atoms. The third-order valence-corrected chi connectivity index (χ3v) is 3.03. The van der Waals surface area contributed by atoms with Crippen LogP contribution in [-0.2, 0) is 15.1 Å². The fourth-order valence-corrected chi connectivity index (χ4v) is 1.97. The van der Waals surface area contributed by atoms with Crippen molar-refractivity contribution in [2.24, 2.45) is 5.73 Å². The van der Waals surface area contributed by atoms with E-state index in [9.17, 15) is 4.79 Å². The molecule has 0 saturated carbocycles. The Morgan fingerprint density at radius 1 is 1.26 bits per heavy atom. The van der Waals surface area contributed by atoms with Crippen molar-refractivity contribution in [3.8, 4) is 0 Å². The zero-order chi connectivity index (χ0) is 14.1. The Kier molecular flexibility index (Phi) is 6.53. The molecule has 1 atom stereocenters. The van der Waals surface area contributed by atoms with Gasteiger partial charge in [0, 0.05) is 6.61 Å². The SMILES string of the molecule is CCCNC(COCCC)(C(N)=O)c1ccccc1. The summed E-state index contributed by atoms with van der Waals surface area (Å²) in [4.78, 5) is 12.0. The number of hydrogen-bond acceptors (Lipinski definition) is 3. The van der Waals surface area contributed by atoms with Gasteiger partial charge in [0.2, 0.25) is 5.91 Å². The first-order valence-electron chi connectivity index (χ1n) is 6.85. The van der Waals surface area contributed by atoms with Crippen molar-refractivity contribution in [3.05, 3.63) is 35.9 Å². The van der Waals surface area contributed by atoms with E-state index in [1.165, 1.54) is 0 Å². The second-order valence-corrected chi connectivity index (χ2v) is 4.61. The Bertz CT molecular complexity index is 381. The molecule has 4 nitrogen and oxygen atoms in total. The number of amides is 1. The number of primary amides is 1. The summed E-state index contributed by atoms with van der Waals surface area (Å²) in [5.41, 5.74) is 5.56. The highest BCUT2D eigenvalue weighted by Gasteiger charge is 2.38. The molecule has 0 aromatic heterocycles. The topological polar surface area (TPSA) is 64.3 Å². The molecule has 106 valence electrons. The molecule has 1 amide bonds. The molecule has 19 heavy (non-hydrogen) atoms. The van der Waals surface area contributed by atoms with Gasteiger partial charge in [0.1, 0.15) is 5.54 Å². The molecule has 0 heterocycles. The van der Waals surface area contributed by atoms with Gasteiger partial charge in [-0.25, -0.2) is 0 Å². The minimum absolute atomic E-state index is 0.264. The first kappa shape index (κ1) is 15.7. The maximum absolute atomic E-state index is 12.0. The maximum atomic E-state index is 12.0. The molecule has 1 aromatic rings. The third kappa shape index (κ3) is 4.04. The lowest BCUT2D eigenvalue weighted by atomic mass is 9.89. The maximum Gasteiger partial charge on any atom is 0.244 e. The van der Waals surface area contributed by atoms with Crippen molar-refractivity contribution in [2.75, 3.05) is 19.8 Å². The normalized spacial score (nSPS) is 14.0. The standard InChI is InChI=1S/C15H24N2O2/c1-3-10-17-15(14(16)18,12-19-11-4-2)13-8-6-5-7-9-13/h5-9,17H,3-4,10-12H2,1-2H3,(H2,16,18). The van der Waals surface area contributed by atoms with Crippen LogP contribution in [0.1, 0.15) is 32.3 Å². The van der Waals surface area contributed by atoms with Gasteiger partial charge in [-0.05, 0) is 24.9 Å². The first-order valence-corrected chi connectivity index (χ1v) is 6.85. The number of nitrogens with one attached hydrogen (secondary N) is 1. The van der Waals surface area contributed by atoms with Gasteiger partial charge in [-0.2, -0.15) is 0 Å². The highest BCUT2D eigenvalue weighted by atomic mass is 16.5. The van der Waals surface area contributed by atoms with Crippen molar-refractivity contribution >= 4 is 5.91 Å². The summed E-state index contributed by atoms with van der Waals surface area (Å²) in [6, 6.07) is 9.54. The summed E-state index contributed by atoms with van der Waals surface area (Å²) < 4.78 is 5.60. The van der Waals surface area contributed by atoms with E-state index in [0.29, 0.717) is 13.2 Å². The number of carbonyl (C=O) groups excluding carboxylic acids is 1. The Morgan fingerprint density at radius 3 is 2.47 bits per heavy atom. The summed E-state index contributed by atoms with van der Waals surface area (Å²) in [6.07, 6.45) is 1.84. The number of carbonyl (C=O) groups is 1. The number of ether oxygens (including phenoxy) is 1. The van der Waals surface area contributed by atoms with E-state index in [1.54, 1.807) is 0 Å². The molecule has 0 aliphatic carbocycles. The molecule has 4 heteroatoms. The highest BCUT2D eigenvalue weighted by molar-refractivity contribution is 5.86. The highest BCUT2D eigenvalue weighted by Crippen LogP contribution is 2.21. The Morgan fingerprint density at radius 2 is 1.95 bits per heavy atom. The van der Waals surface area contributed by atoms with Gasteiger partial charge in [0.25, 0.3) is 0 Å². The number of nitrogens with two attached hydrogens (primary N) is 1. The van der Waals surface area contributed by atoms with Crippen LogP contribution in [-0.4, -0.2) is 25.7 Å². The molecular weight excluding hydrogens is 240 g/mol. The largest absolute Gasteiger partial charge is 0.379 e. The fraction of sp³-hybridized carbons (Fsp3) is 0.533. The van der Waals surface area contributed by atoms with E-state index < -0.39 is 11.4 Å². The van der Waals surface area contributed by atoms with Crippen LogP contribution < -0.4 is 11.1 Å². The van der Waals surface area contributed by atoms with Gasteiger partial charge in [0.15, 0.2) is 0 Å². The lowest BCUT2D eigenvalue weighted by Gasteiger charge is -2.32. The van der Waals surface area contributed by atoms with Gasteiger partial charge in [-0.3, -0.25) is 10.1 Å². The second-order valence-electron chi connectivity index (χ2n) is 4.61. The average Bonchev–Trinajstić information content (AvgIpc) is 2.43. The predicted octanol–water partition coefficient (Wildman–Crippen LogP) is 1.79. The van der Waals surface area contributed by atoms with Crippen LogP contribution in [0.15, 0.2) is 30.3 Å². The molecule has 0 bridgehead atoms. The van der Waals surface area contributed by atoms with E-state index in [-0.39, 0.29) is 6.61 Å². The number of hydrogen-bond donors (Lipinski definition) is 2. The van der Waals surface area contributed by atoms with E-state index >= 15 is 0 Å². The predicted molar refractivity (Wildman–Crippen MR) is 76.7 cm³/mol.